The number of ether oxygens (including phenoxy) is 2. The number of carbonyl (C=O) groups excluding carboxylic acids is 2. The van der Waals surface area contributed by atoms with Crippen molar-refractivity contribution in [1.82, 2.24) is 0 Å². The highest BCUT2D eigenvalue weighted by atomic mass is 32.1. The van der Waals surface area contributed by atoms with Crippen LogP contribution in [-0.4, -0.2) is 25.6 Å². The number of amides is 1. The van der Waals surface area contributed by atoms with Crippen LogP contribution in [0.25, 0.3) is 0 Å². The van der Waals surface area contributed by atoms with Gasteiger partial charge in [-0.25, -0.2) is 4.79 Å². The zero-order valence-electron chi connectivity index (χ0n) is 15.3. The maximum atomic E-state index is 12.8. The Balaban J connectivity index is 1.96. The Morgan fingerprint density at radius 3 is 2.81 bits per heavy atom. The summed E-state index contributed by atoms with van der Waals surface area (Å²) >= 11 is 1.48. The van der Waals surface area contributed by atoms with Gasteiger partial charge in [0.15, 0.2) is 0 Å². The van der Waals surface area contributed by atoms with Crippen molar-refractivity contribution in [3.8, 4) is 5.75 Å². The van der Waals surface area contributed by atoms with Crippen molar-refractivity contribution in [1.29, 1.82) is 0 Å². The SMILES string of the molecule is CCOC(=O)c1c(NC(=O)c2ccccc2OC)sc2c1CC[C@@H](C)C2. The first kappa shape index (κ1) is 18.5. The standard InChI is InChI=1S/C20H23NO4S/c1-4-25-20(23)17-14-10-9-12(2)11-16(14)26-19(17)21-18(22)13-7-5-6-8-15(13)24-3/h5-8,12H,4,9-11H2,1-3H3,(H,21,22)/t12-/m1/s1. The van der Waals surface area contributed by atoms with E-state index in [9.17, 15) is 9.59 Å². The molecule has 1 atom stereocenters. The highest BCUT2D eigenvalue weighted by Gasteiger charge is 2.29. The molecule has 0 aliphatic heterocycles. The fourth-order valence-electron chi connectivity index (χ4n) is 3.26. The van der Waals surface area contributed by atoms with Crippen molar-refractivity contribution in [3.63, 3.8) is 0 Å². The quantitative estimate of drug-likeness (QED) is 0.793. The number of fused-ring (bicyclic) bond motifs is 1. The number of para-hydroxylation sites is 1. The first-order chi connectivity index (χ1) is 12.5. The predicted octanol–water partition coefficient (Wildman–Crippen LogP) is 4.31. The average Bonchev–Trinajstić information content (AvgIpc) is 2.98. The van der Waals surface area contributed by atoms with E-state index in [2.05, 4.69) is 12.2 Å². The van der Waals surface area contributed by atoms with E-state index < -0.39 is 0 Å². The maximum Gasteiger partial charge on any atom is 0.341 e. The summed E-state index contributed by atoms with van der Waals surface area (Å²) in [6.45, 7) is 4.30. The largest absolute Gasteiger partial charge is 0.496 e. The van der Waals surface area contributed by atoms with Crippen molar-refractivity contribution in [2.45, 2.75) is 33.1 Å². The lowest BCUT2D eigenvalue weighted by atomic mass is 9.88. The van der Waals surface area contributed by atoms with Gasteiger partial charge in [-0.3, -0.25) is 4.79 Å². The van der Waals surface area contributed by atoms with Gasteiger partial charge in [-0.1, -0.05) is 19.1 Å². The van der Waals surface area contributed by atoms with E-state index >= 15 is 0 Å². The minimum atomic E-state index is -0.366. The summed E-state index contributed by atoms with van der Waals surface area (Å²) in [5.41, 5.74) is 1.98. The number of nitrogens with one attached hydrogen (secondary N) is 1. The first-order valence-corrected chi connectivity index (χ1v) is 9.62. The fourth-order valence-corrected chi connectivity index (χ4v) is 4.65. The predicted molar refractivity (Wildman–Crippen MR) is 102 cm³/mol. The molecule has 0 unspecified atom stereocenters. The molecule has 1 heterocycles. The van der Waals surface area contributed by atoms with Gasteiger partial charge in [-0.15, -0.1) is 11.3 Å². The average molecular weight is 373 g/mol. The summed E-state index contributed by atoms with van der Waals surface area (Å²) in [5, 5.41) is 3.48. The summed E-state index contributed by atoms with van der Waals surface area (Å²) < 4.78 is 10.5. The summed E-state index contributed by atoms with van der Waals surface area (Å²) in [6, 6.07) is 7.03. The van der Waals surface area contributed by atoms with Crippen LogP contribution in [0.5, 0.6) is 5.75 Å². The highest BCUT2D eigenvalue weighted by Crippen LogP contribution is 2.40. The van der Waals surface area contributed by atoms with Crippen LogP contribution in [0.2, 0.25) is 0 Å². The third kappa shape index (κ3) is 3.60. The van der Waals surface area contributed by atoms with E-state index in [1.54, 1.807) is 25.1 Å². The number of anilines is 1. The van der Waals surface area contributed by atoms with Gasteiger partial charge in [0.25, 0.3) is 5.91 Å². The van der Waals surface area contributed by atoms with Gasteiger partial charge in [0.05, 0.1) is 24.8 Å². The molecular weight excluding hydrogens is 350 g/mol. The molecule has 5 nitrogen and oxygen atoms in total. The van der Waals surface area contributed by atoms with Gasteiger partial charge in [0, 0.05) is 4.88 Å². The van der Waals surface area contributed by atoms with E-state index in [0.29, 0.717) is 34.4 Å². The number of methoxy groups -OCH3 is 1. The molecule has 0 saturated carbocycles. The smallest absolute Gasteiger partial charge is 0.341 e. The Hall–Kier alpha value is -2.34. The lowest BCUT2D eigenvalue weighted by Crippen LogP contribution is -2.17. The van der Waals surface area contributed by atoms with Crippen LogP contribution in [-0.2, 0) is 17.6 Å². The number of esters is 1. The topological polar surface area (TPSA) is 64.6 Å². The molecule has 0 fully saturated rings. The van der Waals surface area contributed by atoms with E-state index in [0.717, 1.165) is 24.8 Å². The lowest BCUT2D eigenvalue weighted by Gasteiger charge is -2.18. The Bertz CT molecular complexity index is 827. The van der Waals surface area contributed by atoms with Crippen LogP contribution in [0.1, 0.15) is 51.4 Å². The van der Waals surface area contributed by atoms with Crippen LogP contribution in [0.15, 0.2) is 24.3 Å². The number of carbonyl (C=O) groups is 2. The van der Waals surface area contributed by atoms with Crippen LogP contribution in [0.4, 0.5) is 5.00 Å². The van der Waals surface area contributed by atoms with Crippen molar-refractivity contribution < 1.29 is 19.1 Å². The molecule has 0 saturated heterocycles. The van der Waals surface area contributed by atoms with Crippen molar-refractivity contribution in [2.24, 2.45) is 5.92 Å². The third-order valence-corrected chi connectivity index (χ3v) is 5.74. The number of rotatable bonds is 5. The van der Waals surface area contributed by atoms with E-state index in [-0.39, 0.29) is 11.9 Å². The second kappa shape index (κ2) is 7.91. The molecule has 1 aromatic carbocycles. The molecule has 138 valence electrons. The molecule has 3 rings (SSSR count). The molecule has 1 aliphatic rings. The zero-order chi connectivity index (χ0) is 18.7. The van der Waals surface area contributed by atoms with E-state index in [1.165, 1.54) is 23.3 Å². The molecule has 1 aliphatic carbocycles. The number of benzene rings is 1. The minimum absolute atomic E-state index is 0.292. The van der Waals surface area contributed by atoms with E-state index in [1.807, 2.05) is 6.07 Å². The van der Waals surface area contributed by atoms with Gasteiger partial charge in [0.2, 0.25) is 0 Å². The van der Waals surface area contributed by atoms with Crippen molar-refractivity contribution >= 4 is 28.2 Å². The van der Waals surface area contributed by atoms with E-state index in [4.69, 9.17) is 9.47 Å². The Labute approximate surface area is 157 Å². The summed E-state index contributed by atoms with van der Waals surface area (Å²) in [6.07, 6.45) is 2.80. The summed E-state index contributed by atoms with van der Waals surface area (Å²) in [7, 11) is 1.53. The number of thiophene rings is 1. The Morgan fingerprint density at radius 2 is 2.08 bits per heavy atom. The monoisotopic (exact) mass is 373 g/mol. The molecule has 2 aromatic rings. The minimum Gasteiger partial charge on any atom is -0.496 e. The molecule has 26 heavy (non-hydrogen) atoms. The Kier molecular flexibility index (Phi) is 5.61. The summed E-state index contributed by atoms with van der Waals surface area (Å²) in [4.78, 5) is 26.5. The van der Waals surface area contributed by atoms with Gasteiger partial charge >= 0.3 is 5.97 Å². The number of hydrogen-bond donors (Lipinski definition) is 1. The fraction of sp³-hybridized carbons (Fsp3) is 0.400. The van der Waals surface area contributed by atoms with Crippen LogP contribution in [0, 0.1) is 5.92 Å². The molecule has 1 N–H and O–H groups in total. The molecule has 1 amide bonds. The van der Waals surface area contributed by atoms with Crippen LogP contribution < -0.4 is 10.1 Å². The van der Waals surface area contributed by atoms with Crippen molar-refractivity contribution in [2.75, 3.05) is 19.0 Å². The van der Waals surface area contributed by atoms with Gasteiger partial charge in [-0.2, -0.15) is 0 Å². The van der Waals surface area contributed by atoms with Crippen molar-refractivity contribution in [3.05, 3.63) is 45.8 Å². The lowest BCUT2D eigenvalue weighted by molar-refractivity contribution is 0.0526. The molecule has 0 radical (unpaired) electrons. The Morgan fingerprint density at radius 1 is 1.31 bits per heavy atom. The molecular formula is C20H23NO4S. The summed E-state index contributed by atoms with van der Waals surface area (Å²) in [5.74, 6) is 0.418. The first-order valence-electron chi connectivity index (χ1n) is 8.81. The second-order valence-corrected chi connectivity index (χ2v) is 7.54. The maximum absolute atomic E-state index is 12.8. The highest BCUT2D eigenvalue weighted by molar-refractivity contribution is 7.17. The molecule has 1 aromatic heterocycles. The van der Waals surface area contributed by atoms with Gasteiger partial charge < -0.3 is 14.8 Å². The normalized spacial score (nSPS) is 15.9. The molecule has 6 heteroatoms. The van der Waals surface area contributed by atoms with Gasteiger partial charge in [-0.05, 0) is 49.8 Å². The third-order valence-electron chi connectivity index (χ3n) is 4.57. The molecule has 0 spiro atoms. The zero-order valence-corrected chi connectivity index (χ0v) is 16.1. The second-order valence-electron chi connectivity index (χ2n) is 6.43. The van der Waals surface area contributed by atoms with Gasteiger partial charge in [0.1, 0.15) is 10.8 Å². The van der Waals surface area contributed by atoms with Crippen LogP contribution >= 0.6 is 11.3 Å². The van der Waals surface area contributed by atoms with Crippen LogP contribution in [0.3, 0.4) is 0 Å². The molecule has 0 bridgehead atoms. The number of hydrogen-bond acceptors (Lipinski definition) is 5.